The number of anilines is 1. The molecule has 1 unspecified atom stereocenters. The van der Waals surface area contributed by atoms with Crippen LogP contribution in [0.4, 0.5) is 10.2 Å². The van der Waals surface area contributed by atoms with Gasteiger partial charge in [0.15, 0.2) is 0 Å². The number of pyridine rings is 1. The van der Waals surface area contributed by atoms with Crippen molar-refractivity contribution in [2.24, 2.45) is 0 Å². The topological polar surface area (TPSA) is 88.6 Å². The number of halogens is 1. The molecular weight excluding hydrogens is 301 g/mol. The number of carbonyl (C=O) groups excluding carboxylic acids is 1. The van der Waals surface area contributed by atoms with Gasteiger partial charge < -0.3 is 4.74 Å². The molecular formula is C12H16FN3O4S. The molecule has 2 rings (SSSR count). The first-order valence-electron chi connectivity index (χ1n) is 6.53. The van der Waals surface area contributed by atoms with Crippen molar-refractivity contribution in [3.8, 4) is 0 Å². The third-order valence-electron chi connectivity index (χ3n) is 3.02. The molecule has 0 radical (unpaired) electrons. The van der Waals surface area contributed by atoms with Gasteiger partial charge in [-0.1, -0.05) is 6.07 Å². The van der Waals surface area contributed by atoms with E-state index in [2.05, 4.69) is 9.71 Å². The second-order valence-corrected chi connectivity index (χ2v) is 6.10. The number of esters is 1. The van der Waals surface area contributed by atoms with Crippen LogP contribution in [0.1, 0.15) is 19.8 Å². The Bertz CT molecular complexity index is 623. The van der Waals surface area contributed by atoms with E-state index in [1.165, 1.54) is 12.1 Å². The quantitative estimate of drug-likeness (QED) is 0.644. The number of hydrogen-bond acceptors (Lipinski definition) is 5. The van der Waals surface area contributed by atoms with E-state index in [0.29, 0.717) is 12.8 Å². The van der Waals surface area contributed by atoms with Gasteiger partial charge in [-0.2, -0.15) is 17.1 Å². The van der Waals surface area contributed by atoms with Crippen molar-refractivity contribution in [2.75, 3.05) is 17.9 Å². The molecule has 1 fully saturated rings. The van der Waals surface area contributed by atoms with E-state index in [-0.39, 0.29) is 19.0 Å². The molecule has 1 saturated heterocycles. The lowest BCUT2D eigenvalue weighted by atomic mass is 10.2. The monoisotopic (exact) mass is 317 g/mol. The Morgan fingerprint density at radius 3 is 3.00 bits per heavy atom. The first-order chi connectivity index (χ1) is 9.94. The van der Waals surface area contributed by atoms with Crippen molar-refractivity contribution in [2.45, 2.75) is 25.8 Å². The van der Waals surface area contributed by atoms with E-state index in [1.54, 1.807) is 6.92 Å². The van der Waals surface area contributed by atoms with Crippen LogP contribution in [-0.2, 0) is 19.7 Å². The SMILES string of the molecule is CCOC(=O)C1CCCN1S(=O)(=O)Nc1cccc(F)n1. The Labute approximate surface area is 122 Å². The van der Waals surface area contributed by atoms with Gasteiger partial charge in [-0.15, -0.1) is 0 Å². The molecule has 0 bridgehead atoms. The lowest BCUT2D eigenvalue weighted by Gasteiger charge is -2.22. The summed E-state index contributed by atoms with van der Waals surface area (Å²) < 4.78 is 45.6. The summed E-state index contributed by atoms with van der Waals surface area (Å²) in [5, 5.41) is 0. The summed E-state index contributed by atoms with van der Waals surface area (Å²) in [6.07, 6.45) is 0.956. The summed E-state index contributed by atoms with van der Waals surface area (Å²) in [6, 6.07) is 2.93. The molecule has 0 aromatic carbocycles. The van der Waals surface area contributed by atoms with Crippen molar-refractivity contribution >= 4 is 22.0 Å². The first kappa shape index (κ1) is 15.6. The van der Waals surface area contributed by atoms with E-state index in [9.17, 15) is 17.6 Å². The lowest BCUT2D eigenvalue weighted by molar-refractivity contribution is -0.146. The molecule has 1 atom stereocenters. The van der Waals surface area contributed by atoms with Crippen molar-refractivity contribution < 1.29 is 22.3 Å². The fourth-order valence-electron chi connectivity index (χ4n) is 2.16. The van der Waals surface area contributed by atoms with Gasteiger partial charge in [-0.3, -0.25) is 9.52 Å². The smallest absolute Gasteiger partial charge is 0.324 e. The minimum Gasteiger partial charge on any atom is -0.465 e. The van der Waals surface area contributed by atoms with Crippen LogP contribution in [0.3, 0.4) is 0 Å². The summed E-state index contributed by atoms with van der Waals surface area (Å²) in [5.41, 5.74) is 0. The second-order valence-electron chi connectivity index (χ2n) is 4.47. The zero-order valence-electron chi connectivity index (χ0n) is 11.5. The summed E-state index contributed by atoms with van der Waals surface area (Å²) >= 11 is 0. The standard InChI is InChI=1S/C12H16FN3O4S/c1-2-20-12(17)9-5-4-8-16(9)21(18,19)15-11-7-3-6-10(13)14-11/h3,6-7,9H,2,4-5,8H2,1H3,(H,14,15). The summed E-state index contributed by atoms with van der Waals surface area (Å²) in [7, 11) is -3.99. The highest BCUT2D eigenvalue weighted by atomic mass is 32.2. The normalized spacial score (nSPS) is 19.4. The van der Waals surface area contributed by atoms with Crippen LogP contribution >= 0.6 is 0 Å². The van der Waals surface area contributed by atoms with Gasteiger partial charge >= 0.3 is 16.2 Å². The van der Waals surface area contributed by atoms with Crippen molar-refractivity contribution in [1.29, 1.82) is 0 Å². The minimum atomic E-state index is -3.99. The molecule has 1 aliphatic rings. The summed E-state index contributed by atoms with van der Waals surface area (Å²) in [4.78, 5) is 15.2. The number of nitrogens with one attached hydrogen (secondary N) is 1. The molecule has 7 nitrogen and oxygen atoms in total. The molecule has 0 spiro atoms. The summed E-state index contributed by atoms with van der Waals surface area (Å²) in [5.74, 6) is -1.50. The Hall–Kier alpha value is -1.74. The average Bonchev–Trinajstić information content (AvgIpc) is 2.88. The van der Waals surface area contributed by atoms with E-state index >= 15 is 0 Å². The number of hydrogen-bond donors (Lipinski definition) is 1. The van der Waals surface area contributed by atoms with Crippen molar-refractivity contribution in [3.63, 3.8) is 0 Å². The third kappa shape index (κ3) is 3.67. The zero-order chi connectivity index (χ0) is 15.5. The van der Waals surface area contributed by atoms with Gasteiger partial charge in [0.05, 0.1) is 6.61 Å². The van der Waals surface area contributed by atoms with Crippen molar-refractivity contribution in [3.05, 3.63) is 24.1 Å². The maximum Gasteiger partial charge on any atom is 0.324 e. The van der Waals surface area contributed by atoms with Crippen molar-refractivity contribution in [1.82, 2.24) is 9.29 Å². The fourth-order valence-corrected chi connectivity index (χ4v) is 3.55. The van der Waals surface area contributed by atoms with E-state index < -0.39 is 28.2 Å². The van der Waals surface area contributed by atoms with Gasteiger partial charge in [-0.25, -0.2) is 4.98 Å². The minimum absolute atomic E-state index is 0.135. The highest BCUT2D eigenvalue weighted by molar-refractivity contribution is 7.90. The highest BCUT2D eigenvalue weighted by Crippen LogP contribution is 2.23. The molecule has 1 aliphatic heterocycles. The lowest BCUT2D eigenvalue weighted by Crippen LogP contribution is -2.44. The van der Waals surface area contributed by atoms with Gasteiger partial charge in [0, 0.05) is 6.54 Å². The van der Waals surface area contributed by atoms with Gasteiger partial charge in [-0.05, 0) is 31.9 Å². The number of aromatic nitrogens is 1. The molecule has 1 aromatic heterocycles. The molecule has 9 heteroatoms. The van der Waals surface area contributed by atoms with Crippen LogP contribution in [-0.4, -0.2) is 42.9 Å². The molecule has 0 aliphatic carbocycles. The predicted molar refractivity (Wildman–Crippen MR) is 73.1 cm³/mol. The molecule has 1 N–H and O–H groups in total. The maximum absolute atomic E-state index is 13.0. The summed E-state index contributed by atoms with van der Waals surface area (Å²) in [6.45, 7) is 2.04. The highest BCUT2D eigenvalue weighted by Gasteiger charge is 2.39. The maximum atomic E-state index is 13.0. The van der Waals surface area contributed by atoms with Gasteiger partial charge in [0.1, 0.15) is 11.9 Å². The third-order valence-corrected chi connectivity index (χ3v) is 4.54. The average molecular weight is 317 g/mol. The predicted octanol–water partition coefficient (Wildman–Crippen LogP) is 0.905. The van der Waals surface area contributed by atoms with Crippen LogP contribution in [0, 0.1) is 5.95 Å². The van der Waals surface area contributed by atoms with Crippen LogP contribution in [0.5, 0.6) is 0 Å². The second kappa shape index (κ2) is 6.35. The first-order valence-corrected chi connectivity index (χ1v) is 7.97. The van der Waals surface area contributed by atoms with E-state index in [0.717, 1.165) is 10.4 Å². The van der Waals surface area contributed by atoms with Crippen LogP contribution in [0.2, 0.25) is 0 Å². The number of carbonyl (C=O) groups is 1. The Kier molecular flexibility index (Phi) is 4.73. The number of ether oxygens (including phenoxy) is 1. The molecule has 21 heavy (non-hydrogen) atoms. The molecule has 0 saturated carbocycles. The number of nitrogens with zero attached hydrogens (tertiary/aromatic N) is 2. The van der Waals surface area contributed by atoms with Gasteiger partial charge in [0.2, 0.25) is 5.95 Å². The van der Waals surface area contributed by atoms with Crippen LogP contribution in [0.15, 0.2) is 18.2 Å². The zero-order valence-corrected chi connectivity index (χ0v) is 12.3. The largest absolute Gasteiger partial charge is 0.465 e. The molecule has 1 aromatic rings. The Morgan fingerprint density at radius 2 is 2.33 bits per heavy atom. The molecule has 116 valence electrons. The Morgan fingerprint density at radius 1 is 1.57 bits per heavy atom. The fraction of sp³-hybridized carbons (Fsp3) is 0.500. The Balaban J connectivity index is 2.16. The number of rotatable bonds is 5. The molecule has 2 heterocycles. The van der Waals surface area contributed by atoms with E-state index in [1.807, 2.05) is 0 Å². The molecule has 0 amide bonds. The van der Waals surface area contributed by atoms with Crippen LogP contribution < -0.4 is 4.72 Å². The van der Waals surface area contributed by atoms with Gasteiger partial charge in [0.25, 0.3) is 0 Å². The van der Waals surface area contributed by atoms with E-state index in [4.69, 9.17) is 4.74 Å². The van der Waals surface area contributed by atoms with Crippen LogP contribution in [0.25, 0.3) is 0 Å².